The second-order valence-corrected chi connectivity index (χ2v) is 10.6. The zero-order chi connectivity index (χ0) is 19.7. The molecule has 5 rings (SSSR count). The lowest BCUT2D eigenvalue weighted by Gasteiger charge is -2.64. The minimum Gasteiger partial charge on any atom is -0.458 e. The summed E-state index contributed by atoms with van der Waals surface area (Å²) in [5.74, 6) is 0.866. The normalized spacial score (nSPS) is 53.1. The van der Waals surface area contributed by atoms with Gasteiger partial charge in [-0.25, -0.2) is 4.79 Å². The number of carbonyl (C=O) groups excluding carboxylic acids is 1. The fourth-order valence-electron chi connectivity index (χ4n) is 8.49. The molecule has 156 valence electrons. The highest BCUT2D eigenvalue weighted by atomic mass is 16.5. The van der Waals surface area contributed by atoms with Crippen LogP contribution in [0.4, 0.5) is 0 Å². The molecule has 4 aliphatic carbocycles. The Hall–Kier alpha value is -0.910. The molecule has 5 heteroatoms. The molecule has 0 unspecified atom stereocenters. The van der Waals surface area contributed by atoms with Crippen molar-refractivity contribution in [2.75, 3.05) is 13.2 Å². The van der Waals surface area contributed by atoms with Crippen LogP contribution in [-0.2, 0) is 9.53 Å². The zero-order valence-corrected chi connectivity index (χ0v) is 16.9. The first-order chi connectivity index (χ1) is 13.3. The third kappa shape index (κ3) is 2.33. The Balaban J connectivity index is 1.48. The van der Waals surface area contributed by atoms with Crippen molar-refractivity contribution in [2.45, 2.75) is 76.4 Å². The quantitative estimate of drug-likeness (QED) is 0.631. The number of rotatable bonds is 2. The van der Waals surface area contributed by atoms with E-state index in [2.05, 4.69) is 6.92 Å². The third-order valence-electron chi connectivity index (χ3n) is 9.95. The van der Waals surface area contributed by atoms with Gasteiger partial charge >= 0.3 is 5.97 Å². The molecule has 3 N–H and O–H groups in total. The molecule has 0 aromatic carbocycles. The summed E-state index contributed by atoms with van der Waals surface area (Å²) in [5.41, 5.74) is -0.0431. The molecule has 1 aliphatic heterocycles. The van der Waals surface area contributed by atoms with Gasteiger partial charge in [0.1, 0.15) is 6.61 Å². The molecule has 1 heterocycles. The van der Waals surface area contributed by atoms with Gasteiger partial charge in [-0.15, -0.1) is 0 Å². The zero-order valence-electron chi connectivity index (χ0n) is 16.9. The fourth-order valence-corrected chi connectivity index (χ4v) is 8.49. The van der Waals surface area contributed by atoms with Crippen molar-refractivity contribution in [3.05, 3.63) is 11.6 Å². The molecule has 0 bridgehead atoms. The highest BCUT2D eigenvalue weighted by molar-refractivity contribution is 5.85. The molecule has 5 aliphatic rings. The van der Waals surface area contributed by atoms with Crippen molar-refractivity contribution in [1.29, 1.82) is 0 Å². The van der Waals surface area contributed by atoms with E-state index in [0.717, 1.165) is 63.4 Å². The first-order valence-electron chi connectivity index (χ1n) is 11.2. The first kappa shape index (κ1) is 19.1. The first-order valence-corrected chi connectivity index (χ1v) is 11.2. The molecular formula is C23H34O5. The Morgan fingerprint density at radius 3 is 2.64 bits per heavy atom. The van der Waals surface area contributed by atoms with E-state index < -0.39 is 5.60 Å². The third-order valence-corrected chi connectivity index (χ3v) is 9.95. The maximum atomic E-state index is 12.1. The Morgan fingerprint density at radius 1 is 1.11 bits per heavy atom. The summed E-state index contributed by atoms with van der Waals surface area (Å²) in [6, 6.07) is 0. The molecule has 5 nitrogen and oxygen atoms in total. The predicted octanol–water partition coefficient (Wildman–Crippen LogP) is 2.58. The molecule has 0 amide bonds. The van der Waals surface area contributed by atoms with Crippen molar-refractivity contribution in [2.24, 2.45) is 34.5 Å². The minimum absolute atomic E-state index is 0.136. The van der Waals surface area contributed by atoms with Crippen LogP contribution in [0.3, 0.4) is 0 Å². The minimum atomic E-state index is -0.740. The molecule has 28 heavy (non-hydrogen) atoms. The lowest BCUT2D eigenvalue weighted by molar-refractivity contribution is -0.219. The number of carbonyl (C=O) groups is 1. The average molecular weight is 391 g/mol. The topological polar surface area (TPSA) is 87.0 Å². The van der Waals surface area contributed by atoms with Crippen LogP contribution in [0.1, 0.15) is 64.7 Å². The van der Waals surface area contributed by atoms with E-state index in [9.17, 15) is 20.1 Å². The number of aliphatic hydroxyl groups excluding tert-OH is 2. The number of hydrogen-bond acceptors (Lipinski definition) is 5. The standard InChI is InChI=1S/C23H34O5/c1-21-7-5-18-19(3-2-15-11-16(25)4-8-22(15,18)13-24)23(21,27)9-6-17(21)14-10-20(26)28-12-14/h10,15-19,24-25,27H,2-9,11-13H2,1H3/t15-,16-,17+,18+,19+,21+,22+,23-/m0/s1. The van der Waals surface area contributed by atoms with Crippen molar-refractivity contribution < 1.29 is 24.9 Å². The lowest BCUT2D eigenvalue weighted by Crippen LogP contribution is -2.63. The molecule has 0 radical (unpaired) electrons. The van der Waals surface area contributed by atoms with Crippen molar-refractivity contribution in [1.82, 2.24) is 0 Å². The van der Waals surface area contributed by atoms with Crippen LogP contribution >= 0.6 is 0 Å². The van der Waals surface area contributed by atoms with Crippen LogP contribution in [0.25, 0.3) is 0 Å². The summed E-state index contributed by atoms with van der Waals surface area (Å²) < 4.78 is 5.19. The number of fused-ring (bicyclic) bond motifs is 5. The van der Waals surface area contributed by atoms with Gasteiger partial charge in [0.2, 0.25) is 0 Å². The maximum absolute atomic E-state index is 12.1. The fraction of sp³-hybridized carbons (Fsp3) is 0.870. The van der Waals surface area contributed by atoms with Crippen molar-refractivity contribution in [3.63, 3.8) is 0 Å². The number of ether oxygens (including phenoxy) is 1. The van der Waals surface area contributed by atoms with Gasteiger partial charge in [0.15, 0.2) is 0 Å². The number of esters is 1. The highest BCUT2D eigenvalue weighted by Gasteiger charge is 2.68. The predicted molar refractivity (Wildman–Crippen MR) is 103 cm³/mol. The van der Waals surface area contributed by atoms with Crippen LogP contribution in [0.15, 0.2) is 11.6 Å². The summed E-state index contributed by atoms with van der Waals surface area (Å²) in [6.45, 7) is 2.78. The Bertz CT molecular complexity index is 703. The Kier molecular flexibility index (Phi) is 4.29. The van der Waals surface area contributed by atoms with Gasteiger partial charge in [0.05, 0.1) is 11.7 Å². The van der Waals surface area contributed by atoms with Crippen LogP contribution in [0, 0.1) is 34.5 Å². The molecule has 0 aromatic heterocycles. The monoisotopic (exact) mass is 390 g/mol. The second kappa shape index (κ2) is 6.29. The summed E-state index contributed by atoms with van der Waals surface area (Å²) >= 11 is 0. The second-order valence-electron chi connectivity index (χ2n) is 10.6. The van der Waals surface area contributed by atoms with E-state index in [1.165, 1.54) is 0 Å². The Labute approximate surface area is 167 Å². The molecule has 0 saturated heterocycles. The molecular weight excluding hydrogens is 356 g/mol. The van der Waals surface area contributed by atoms with E-state index in [4.69, 9.17) is 4.74 Å². The van der Waals surface area contributed by atoms with Crippen LogP contribution in [0.5, 0.6) is 0 Å². The van der Waals surface area contributed by atoms with Gasteiger partial charge < -0.3 is 20.1 Å². The molecule has 8 atom stereocenters. The van der Waals surface area contributed by atoms with Gasteiger partial charge in [-0.1, -0.05) is 6.92 Å². The van der Waals surface area contributed by atoms with Gasteiger partial charge in [0, 0.05) is 18.1 Å². The summed E-state index contributed by atoms with van der Waals surface area (Å²) in [6.07, 6.45) is 9.47. The largest absolute Gasteiger partial charge is 0.458 e. The number of hydrogen-bond donors (Lipinski definition) is 3. The molecule has 4 fully saturated rings. The SMILES string of the molecule is C[C@]12CC[C@@H]3[C@@H](CC[C@H]4C[C@@H](O)CC[C@@]43CO)[C@@]1(O)CC[C@@H]2C1=CC(=O)OC1. The van der Waals surface area contributed by atoms with E-state index in [1.54, 1.807) is 6.08 Å². The van der Waals surface area contributed by atoms with E-state index in [-0.39, 0.29) is 41.3 Å². The van der Waals surface area contributed by atoms with Gasteiger partial charge in [-0.3, -0.25) is 0 Å². The van der Waals surface area contributed by atoms with Gasteiger partial charge in [-0.05, 0) is 92.4 Å². The van der Waals surface area contributed by atoms with Gasteiger partial charge in [-0.2, -0.15) is 0 Å². The smallest absolute Gasteiger partial charge is 0.331 e. The van der Waals surface area contributed by atoms with Crippen LogP contribution < -0.4 is 0 Å². The number of cyclic esters (lactones) is 1. The van der Waals surface area contributed by atoms with E-state index in [0.29, 0.717) is 18.4 Å². The van der Waals surface area contributed by atoms with Gasteiger partial charge in [0.25, 0.3) is 0 Å². The van der Waals surface area contributed by atoms with Crippen LogP contribution in [-0.4, -0.2) is 46.2 Å². The summed E-state index contributed by atoms with van der Waals surface area (Å²) in [4.78, 5) is 11.6. The Morgan fingerprint density at radius 2 is 1.93 bits per heavy atom. The van der Waals surface area contributed by atoms with E-state index in [1.807, 2.05) is 0 Å². The average Bonchev–Trinajstić information content (AvgIpc) is 3.22. The van der Waals surface area contributed by atoms with E-state index >= 15 is 0 Å². The maximum Gasteiger partial charge on any atom is 0.331 e. The number of aliphatic hydroxyl groups is 3. The molecule has 4 saturated carbocycles. The summed E-state index contributed by atoms with van der Waals surface area (Å²) in [5, 5.41) is 32.8. The highest BCUT2D eigenvalue weighted by Crippen LogP contribution is 2.69. The van der Waals surface area contributed by atoms with Crippen LogP contribution in [0.2, 0.25) is 0 Å². The van der Waals surface area contributed by atoms with Crippen molar-refractivity contribution >= 4 is 5.97 Å². The summed E-state index contributed by atoms with van der Waals surface area (Å²) in [7, 11) is 0. The van der Waals surface area contributed by atoms with Crippen molar-refractivity contribution in [3.8, 4) is 0 Å². The molecule has 0 spiro atoms. The lowest BCUT2D eigenvalue weighted by atomic mass is 9.43. The molecule has 0 aromatic rings.